The third-order valence-electron chi connectivity index (χ3n) is 8.18. The van der Waals surface area contributed by atoms with Crippen molar-refractivity contribution in [1.82, 2.24) is 20.0 Å². The summed E-state index contributed by atoms with van der Waals surface area (Å²) in [6.45, 7) is 8.89. The number of quaternary nitrogens is 1. The minimum Gasteiger partial charge on any atom is -0.412 e. The van der Waals surface area contributed by atoms with Crippen molar-refractivity contribution >= 4 is 179 Å². The molecule has 332 valence electrons. The van der Waals surface area contributed by atoms with Crippen molar-refractivity contribution in [3.05, 3.63) is 133 Å². The van der Waals surface area contributed by atoms with E-state index in [2.05, 4.69) is 79.1 Å². The van der Waals surface area contributed by atoms with Crippen LogP contribution in [0.4, 0.5) is 45.5 Å². The van der Waals surface area contributed by atoms with E-state index < -0.39 is 46.9 Å². The number of rotatable bonds is 15. The summed E-state index contributed by atoms with van der Waals surface area (Å²) in [7, 11) is 0. The van der Waals surface area contributed by atoms with E-state index in [4.69, 9.17) is 71.3 Å². The number of hydrogen-bond donors (Lipinski definition) is 2. The first kappa shape index (κ1) is 57.6. The van der Waals surface area contributed by atoms with E-state index in [0.717, 1.165) is 74.5 Å². The molecule has 2 N–H and O–H groups in total. The quantitative estimate of drug-likeness (QED) is 0.0284. The SMILES string of the molecule is CC(CNC(=S)[S-])NC(=S)[S-].CCCN(CCC)C(=S)[S-].O=[N+]([O-])c1ccc([N+](c2ccc([N+](=O)[O-])cc2Cl)(c2ccc([N+](=O)[O-])cc2Cl)c2ccc([N+](=O)[O-])cc2Cl)c(Cl)c1.[Zn+2]. The molecule has 0 aromatic heterocycles. The van der Waals surface area contributed by atoms with Gasteiger partial charge in [0.15, 0.2) is 22.7 Å². The molecule has 63 heavy (non-hydrogen) atoms. The minimum atomic E-state index is -0.846. The standard InChI is InChI=1S/C24H12Cl4N5O8.C7H15NS2.C5H10N2S4.Zn/c25-17-9-13(29(34)35)1-5-21(17)33(22-6-2-14(30(36)37)10-18(22)26,23-7-3-15(31(38)39)11-19(23)27)24-8-4-16(32(40)41)12-20(24)28;1-3-5-8(6-4-2)7(9)10;1-3(7-5(10)11)2-6-4(8)9;/h1-12H;3-6H2,1-2H3,(H,9,10);3H,2H2,1H3,(H2,6,8,9)(H2,7,10,11);/q+1;;;+2/p-3. The Morgan fingerprint density at radius 3 is 1.10 bits per heavy atom. The van der Waals surface area contributed by atoms with Crippen LogP contribution in [-0.2, 0) is 57.4 Å². The molecule has 0 heterocycles. The van der Waals surface area contributed by atoms with E-state index in [-0.39, 0.29) is 68.4 Å². The van der Waals surface area contributed by atoms with Gasteiger partial charge in [-0.1, -0.05) is 73.2 Å². The maximum absolute atomic E-state index is 11.5. The third-order valence-corrected chi connectivity index (χ3v) is 10.4. The van der Waals surface area contributed by atoms with Crippen LogP contribution in [0.1, 0.15) is 33.6 Å². The van der Waals surface area contributed by atoms with E-state index in [1.54, 1.807) is 0 Å². The number of nitro benzene ring substituents is 4. The van der Waals surface area contributed by atoms with Crippen LogP contribution in [0, 0.1) is 40.5 Å². The molecule has 0 spiro atoms. The summed E-state index contributed by atoms with van der Waals surface area (Å²) in [5, 5.41) is 50.7. The normalized spacial score (nSPS) is 10.8. The van der Waals surface area contributed by atoms with Crippen molar-refractivity contribution in [2.75, 3.05) is 19.6 Å². The summed E-state index contributed by atoms with van der Waals surface area (Å²) in [5.74, 6) is 0. The fourth-order valence-corrected chi connectivity index (χ4v) is 7.77. The first-order chi connectivity index (χ1) is 29.0. The molecule has 27 heteroatoms. The first-order valence-electron chi connectivity index (χ1n) is 17.6. The van der Waals surface area contributed by atoms with Crippen LogP contribution < -0.4 is 15.1 Å². The van der Waals surface area contributed by atoms with E-state index in [1.807, 2.05) is 6.92 Å². The van der Waals surface area contributed by atoms with E-state index >= 15 is 0 Å². The number of nitro groups is 4. The van der Waals surface area contributed by atoms with Gasteiger partial charge in [-0.05, 0) is 19.8 Å². The smallest absolute Gasteiger partial charge is 0.412 e. The first-order valence-corrected chi connectivity index (χ1v) is 21.5. The van der Waals surface area contributed by atoms with Gasteiger partial charge >= 0.3 is 19.5 Å². The summed E-state index contributed by atoms with van der Waals surface area (Å²) in [6, 6.07) is 13.8. The van der Waals surface area contributed by atoms with Gasteiger partial charge in [0.2, 0.25) is 0 Å². The molecule has 0 saturated carbocycles. The molecule has 16 nitrogen and oxygen atoms in total. The fourth-order valence-electron chi connectivity index (χ4n) is 5.63. The minimum absolute atomic E-state index is 0. The van der Waals surface area contributed by atoms with Crippen molar-refractivity contribution < 1.29 is 39.2 Å². The number of benzene rings is 4. The predicted molar refractivity (Wildman–Crippen MR) is 266 cm³/mol. The topological polar surface area (TPSA) is 200 Å². The number of hydrogen-bond acceptors (Lipinski definition) is 14. The monoisotopic (exact) mass is 1100 g/mol. The summed E-state index contributed by atoms with van der Waals surface area (Å²) in [6.07, 6.45) is 2.24. The molecule has 0 aliphatic carbocycles. The average Bonchev–Trinajstić information content (AvgIpc) is 3.18. The molecule has 0 aliphatic heterocycles. The van der Waals surface area contributed by atoms with Gasteiger partial charge in [0.25, 0.3) is 22.7 Å². The van der Waals surface area contributed by atoms with Gasteiger partial charge in [-0.2, -0.15) is 4.48 Å². The van der Waals surface area contributed by atoms with Gasteiger partial charge in [0.05, 0.1) is 19.7 Å². The Labute approximate surface area is 427 Å². The second-order valence-electron chi connectivity index (χ2n) is 12.5. The maximum Gasteiger partial charge on any atom is 2.00 e. The molecule has 1 unspecified atom stereocenters. The molecule has 0 bridgehead atoms. The van der Waals surface area contributed by atoms with Crippen LogP contribution in [0.15, 0.2) is 72.8 Å². The van der Waals surface area contributed by atoms with Gasteiger partial charge in [-0.25, -0.2) is 0 Å². The molecule has 4 aromatic rings. The van der Waals surface area contributed by atoms with E-state index in [0.29, 0.717) is 19.5 Å². The number of halogens is 4. The van der Waals surface area contributed by atoms with Crippen molar-refractivity contribution in [2.24, 2.45) is 0 Å². The van der Waals surface area contributed by atoms with Crippen LogP contribution >= 0.6 is 83.1 Å². The summed E-state index contributed by atoms with van der Waals surface area (Å²) >= 11 is 54.9. The zero-order chi connectivity index (χ0) is 47.1. The summed E-state index contributed by atoms with van der Waals surface area (Å²) < 4.78 is 0.508. The molecular weight excluding hydrogens is 1070 g/mol. The van der Waals surface area contributed by atoms with Gasteiger partial charge in [-0.3, -0.25) is 40.5 Å². The predicted octanol–water partition coefficient (Wildman–Crippen LogP) is 11.4. The molecule has 0 radical (unpaired) electrons. The molecule has 1 atom stereocenters. The van der Waals surface area contributed by atoms with Crippen LogP contribution in [0.3, 0.4) is 0 Å². The molecule has 0 aliphatic rings. The summed E-state index contributed by atoms with van der Waals surface area (Å²) in [4.78, 5) is 45.2. The van der Waals surface area contributed by atoms with Crippen LogP contribution in [0.2, 0.25) is 20.1 Å². The molecule has 4 aromatic carbocycles. The number of non-ortho nitro benzene ring substituents is 4. The van der Waals surface area contributed by atoms with Gasteiger partial charge in [0, 0.05) is 98.5 Å². The van der Waals surface area contributed by atoms with Gasteiger partial charge < -0.3 is 90.1 Å². The molecule has 0 amide bonds. The zero-order valence-corrected chi connectivity index (χ0v) is 44.0. The van der Waals surface area contributed by atoms with Crippen molar-refractivity contribution in [3.63, 3.8) is 0 Å². The number of nitrogens with one attached hydrogen (secondary N) is 2. The van der Waals surface area contributed by atoms with Crippen molar-refractivity contribution in [2.45, 2.75) is 39.7 Å². The third kappa shape index (κ3) is 16.2. The van der Waals surface area contributed by atoms with Crippen LogP contribution in [-0.4, -0.2) is 63.2 Å². The van der Waals surface area contributed by atoms with Crippen molar-refractivity contribution in [3.8, 4) is 0 Å². The Balaban J connectivity index is 0.000000744. The fraction of sp³-hybridized carbons (Fsp3) is 0.250. The Morgan fingerprint density at radius 2 is 0.905 bits per heavy atom. The molecule has 0 saturated heterocycles. The van der Waals surface area contributed by atoms with Gasteiger partial charge in [-0.15, -0.1) is 0 Å². The number of nitrogens with zero attached hydrogens (tertiary/aromatic N) is 6. The average molecular weight is 1110 g/mol. The second-order valence-corrected chi connectivity index (χ2v) is 17.3. The van der Waals surface area contributed by atoms with Gasteiger partial charge in [0.1, 0.15) is 20.1 Å². The number of thiocarbonyl (C=S) groups is 3. The van der Waals surface area contributed by atoms with E-state index in [9.17, 15) is 40.5 Å². The Morgan fingerprint density at radius 1 is 0.619 bits per heavy atom. The zero-order valence-electron chi connectivity index (χ0n) is 33.2. The van der Waals surface area contributed by atoms with Crippen molar-refractivity contribution in [1.29, 1.82) is 0 Å². The Bertz CT molecular complexity index is 2090. The van der Waals surface area contributed by atoms with E-state index in [1.165, 1.54) is 24.3 Å². The second kappa shape index (κ2) is 27.1. The Hall–Kier alpha value is -3.45. The molecule has 4 rings (SSSR count). The summed E-state index contributed by atoms with van der Waals surface area (Å²) in [5.41, 5.74) is -1.52. The van der Waals surface area contributed by atoms with Crippen LogP contribution in [0.25, 0.3) is 0 Å². The molecule has 0 fully saturated rings. The maximum atomic E-state index is 11.5. The largest absolute Gasteiger partial charge is 2.00 e. The molecular formula is C36H34Cl4N8O8S6Zn. The van der Waals surface area contributed by atoms with Crippen LogP contribution in [0.5, 0.6) is 0 Å². The Kier molecular flexibility index (Phi) is 24.8.